The minimum atomic E-state index is -0.979. The van der Waals surface area contributed by atoms with Gasteiger partial charge in [0.15, 0.2) is 0 Å². The molecule has 0 saturated heterocycles. The molecule has 19 rings (SSSR count). The molecular weight excluding hydrogens is 1300 g/mol. The zero-order chi connectivity index (χ0) is 72.5. The zero-order valence-corrected chi connectivity index (χ0v) is 61.9. The van der Waals surface area contributed by atoms with E-state index < -0.39 is 22.8 Å². The number of nitrogens with zero attached hydrogens (tertiary/aromatic N) is 2. The number of aromatic carboxylic acids is 2. The minimum Gasteiger partial charge on any atom is -0.478 e. The van der Waals surface area contributed by atoms with E-state index in [0.29, 0.717) is 0 Å². The Morgan fingerprint density at radius 3 is 0.914 bits per heavy atom. The number of fused-ring (bicyclic) bond motifs is 27. The molecule has 0 unspecified atom stereocenters. The number of carboxylic acid groups (broad SMARTS) is 2. The Kier molecular flexibility index (Phi) is 13.6. The molecule has 0 atom stereocenters. The molecule has 2 aromatic heterocycles. The first-order valence-electron chi connectivity index (χ1n) is 36.6. The molecule has 105 heavy (non-hydrogen) atoms. The van der Waals surface area contributed by atoms with Crippen molar-refractivity contribution in [2.75, 3.05) is 0 Å². The predicted octanol–water partition coefficient (Wildman–Crippen LogP) is 25.1. The summed E-state index contributed by atoms with van der Waals surface area (Å²) in [6.45, 7) is 27.9. The Morgan fingerprint density at radius 1 is 0.286 bits per heavy atom. The molecule has 4 aliphatic rings. The Morgan fingerprint density at radius 2 is 0.590 bits per heavy atom. The van der Waals surface area contributed by atoms with Gasteiger partial charge in [0.2, 0.25) is 0 Å². The second-order valence-corrected chi connectivity index (χ2v) is 34.8. The Hall–Kier alpha value is -11.4. The molecule has 2 heterocycles. The zero-order valence-electron chi connectivity index (χ0n) is 61.1. The number of thiophene rings is 1. The van der Waals surface area contributed by atoms with Gasteiger partial charge in [-0.15, -0.1) is 11.3 Å². The van der Waals surface area contributed by atoms with Crippen molar-refractivity contribution < 1.29 is 19.8 Å². The summed E-state index contributed by atoms with van der Waals surface area (Å²) in [5.41, 5.74) is 32.6. The average Bonchev–Trinajstić information content (AvgIpc) is 1.51. The molecule has 0 radical (unpaired) electrons. The van der Waals surface area contributed by atoms with Crippen LogP contribution >= 0.6 is 11.3 Å². The van der Waals surface area contributed by atoms with Gasteiger partial charge in [-0.05, 0) is 202 Å². The lowest BCUT2D eigenvalue weighted by Gasteiger charge is -2.33. The van der Waals surface area contributed by atoms with Gasteiger partial charge in [0, 0.05) is 21.9 Å². The van der Waals surface area contributed by atoms with E-state index in [2.05, 4.69) is 277 Å². The molecule has 7 heteroatoms. The first kappa shape index (κ1) is 64.5. The molecule has 0 saturated carbocycles. The van der Waals surface area contributed by atoms with Gasteiger partial charge < -0.3 is 10.2 Å². The maximum absolute atomic E-state index is 12.3. The fourth-order valence-electron chi connectivity index (χ4n) is 18.3. The van der Waals surface area contributed by atoms with Crippen molar-refractivity contribution in [1.82, 2.24) is 9.97 Å². The lowest BCUT2D eigenvalue weighted by molar-refractivity contribution is 0.0686. The quantitative estimate of drug-likeness (QED) is 0.161. The summed E-state index contributed by atoms with van der Waals surface area (Å²) in [6.07, 6.45) is 0. The molecule has 510 valence electrons. The molecule has 2 N–H and O–H groups in total. The van der Waals surface area contributed by atoms with Crippen LogP contribution < -0.4 is 0 Å². The number of carboxylic acids is 2. The fourth-order valence-corrected chi connectivity index (χ4v) is 19.6. The monoisotopic (exact) mass is 1380 g/mol. The fraction of sp³-hybridized carbons (Fsp3) is 0.184. The van der Waals surface area contributed by atoms with Crippen LogP contribution in [0.5, 0.6) is 0 Å². The highest BCUT2D eigenvalue weighted by Gasteiger charge is 2.55. The normalized spacial score (nSPS) is 14.2. The number of carbonyl (C=O) groups is 2. The van der Waals surface area contributed by atoms with E-state index in [-0.39, 0.29) is 32.8 Å². The van der Waals surface area contributed by atoms with Crippen molar-refractivity contribution in [2.24, 2.45) is 0 Å². The van der Waals surface area contributed by atoms with Crippen molar-refractivity contribution in [1.29, 1.82) is 0 Å². The summed E-state index contributed by atoms with van der Waals surface area (Å²) in [4.78, 5) is 39.0. The largest absolute Gasteiger partial charge is 0.478 e. The van der Waals surface area contributed by atoms with E-state index in [1.165, 1.54) is 111 Å². The summed E-state index contributed by atoms with van der Waals surface area (Å²) < 4.78 is 0. The first-order chi connectivity index (χ1) is 50.2. The molecule has 4 aliphatic carbocycles. The standard InChI is InChI=1S/C98H78N2O4S/c1-93(2,3)59-37-43-65-66-44-38-60(94(4,5)6)50-80(66)97(79(65)49-59)75-23-15-13-19-69(75)83-71(21-17-25-77(83)97)89-87-88(100-86-74-48-58(54-29-33-56(34-30-54)92(103)104)36-42-64(74)63-41-35-57(47-73(63)85(86)99-87)53-27-31-55(32-28-53)91(101)102)90(105-89)72-22-18-26-78-84(72)70-20-14-16-24-76(70)98(78)81-51-61(95(7,8)9)39-45-67(81)68-46-40-62(52-82(68)98)96(10,11)12/h13-52H,1-12H3,(H,101,102)(H,103,104). The van der Waals surface area contributed by atoms with Crippen molar-refractivity contribution >= 4 is 66.9 Å². The Balaban J connectivity index is 0.956. The van der Waals surface area contributed by atoms with Crippen LogP contribution in [-0.2, 0) is 32.5 Å². The second-order valence-electron chi connectivity index (χ2n) is 33.8. The second kappa shape index (κ2) is 22.1. The average molecular weight is 1380 g/mol. The van der Waals surface area contributed by atoms with Gasteiger partial charge in [-0.1, -0.05) is 289 Å². The smallest absolute Gasteiger partial charge is 0.335 e. The van der Waals surface area contributed by atoms with Crippen LogP contribution in [0.1, 0.15) is 171 Å². The third-order valence-corrected chi connectivity index (χ3v) is 24.9. The Labute approximate surface area is 616 Å². The maximum atomic E-state index is 12.3. The van der Waals surface area contributed by atoms with Gasteiger partial charge >= 0.3 is 11.9 Å². The predicted molar refractivity (Wildman–Crippen MR) is 433 cm³/mol. The summed E-state index contributed by atoms with van der Waals surface area (Å²) >= 11 is 1.80. The molecular formula is C98H78N2O4S. The summed E-state index contributed by atoms with van der Waals surface area (Å²) in [5, 5.41) is 23.9. The molecule has 2 spiro atoms. The molecule has 15 aromatic rings. The maximum Gasteiger partial charge on any atom is 0.335 e. The molecule has 0 fully saturated rings. The van der Waals surface area contributed by atoms with Gasteiger partial charge in [-0.3, -0.25) is 0 Å². The van der Waals surface area contributed by atoms with Crippen LogP contribution in [0.3, 0.4) is 0 Å². The number of hydrogen-bond acceptors (Lipinski definition) is 5. The lowest BCUT2D eigenvalue weighted by Crippen LogP contribution is -2.27. The number of rotatable bonds is 6. The van der Waals surface area contributed by atoms with Gasteiger partial charge in [-0.25, -0.2) is 19.6 Å². The van der Waals surface area contributed by atoms with E-state index in [9.17, 15) is 19.8 Å². The molecule has 6 nitrogen and oxygen atoms in total. The van der Waals surface area contributed by atoms with E-state index >= 15 is 0 Å². The van der Waals surface area contributed by atoms with E-state index in [1.54, 1.807) is 35.6 Å². The van der Waals surface area contributed by atoms with E-state index in [0.717, 1.165) is 86.7 Å². The summed E-state index contributed by atoms with van der Waals surface area (Å²) in [7, 11) is 0. The van der Waals surface area contributed by atoms with Crippen LogP contribution in [0.25, 0.3) is 131 Å². The molecule has 13 aromatic carbocycles. The van der Waals surface area contributed by atoms with Crippen LogP contribution in [0, 0.1) is 0 Å². The number of aromatic nitrogens is 2. The first-order valence-corrected chi connectivity index (χ1v) is 37.4. The van der Waals surface area contributed by atoms with Gasteiger partial charge in [0.05, 0.1) is 42.7 Å². The summed E-state index contributed by atoms with van der Waals surface area (Å²) in [5.74, 6) is -1.96. The van der Waals surface area contributed by atoms with Crippen LogP contribution in [-0.4, -0.2) is 32.1 Å². The van der Waals surface area contributed by atoms with E-state index in [1.807, 2.05) is 24.3 Å². The molecule has 0 aliphatic heterocycles. The Bertz CT molecular complexity index is 5860. The SMILES string of the molecule is CC(C)(C)c1ccc2c(c1)C1(c3cc(C(C)(C)C)ccc3-2)c2ccccc2-c2c(-c3sc(-c4cccc5c4-c4ccccc4C54c5cc(C(C)(C)C)ccc5-c5ccc(C(C)(C)C)cc54)c4nc5c6cc(-c7ccc(C(=O)O)cc7)ccc6c6ccc(-c7ccc(C(=O)O)cc7)cc6c5nc34)cccc21. The topological polar surface area (TPSA) is 100 Å². The van der Waals surface area contributed by atoms with Gasteiger partial charge in [0.25, 0.3) is 0 Å². The third kappa shape index (κ3) is 9.13. The van der Waals surface area contributed by atoms with Crippen molar-refractivity contribution in [3.05, 3.63) is 321 Å². The van der Waals surface area contributed by atoms with Crippen LogP contribution in [0.15, 0.2) is 243 Å². The van der Waals surface area contributed by atoms with E-state index in [4.69, 9.17) is 9.97 Å². The van der Waals surface area contributed by atoms with Gasteiger partial charge in [0.1, 0.15) is 11.0 Å². The van der Waals surface area contributed by atoms with Crippen LogP contribution in [0.4, 0.5) is 0 Å². The van der Waals surface area contributed by atoms with Crippen molar-refractivity contribution in [3.8, 4) is 87.6 Å². The van der Waals surface area contributed by atoms with Crippen molar-refractivity contribution in [3.63, 3.8) is 0 Å². The highest BCUT2D eigenvalue weighted by Crippen LogP contribution is 2.68. The highest BCUT2D eigenvalue weighted by atomic mass is 32.1. The number of benzene rings is 13. The number of hydrogen-bond donors (Lipinski definition) is 2. The van der Waals surface area contributed by atoms with Crippen LogP contribution in [0.2, 0.25) is 0 Å². The third-order valence-electron chi connectivity index (χ3n) is 23.7. The highest BCUT2D eigenvalue weighted by molar-refractivity contribution is 7.21. The minimum absolute atomic E-state index is 0.124. The van der Waals surface area contributed by atoms with Gasteiger partial charge in [-0.2, -0.15) is 0 Å². The lowest BCUT2D eigenvalue weighted by atomic mass is 9.68. The molecule has 0 bridgehead atoms. The van der Waals surface area contributed by atoms with Crippen molar-refractivity contribution in [2.45, 2.75) is 116 Å². The summed E-state index contributed by atoms with van der Waals surface area (Å²) in [6, 6.07) is 88.7. The molecule has 0 amide bonds.